The average Bonchev–Trinajstić information content (AvgIpc) is 3.21. The van der Waals surface area contributed by atoms with E-state index in [4.69, 9.17) is 0 Å². The highest BCUT2D eigenvalue weighted by atomic mass is 35.5. The maximum atomic E-state index is 12.7. The van der Waals surface area contributed by atoms with Crippen LogP contribution in [0.15, 0.2) is 35.7 Å². The molecule has 0 radical (unpaired) electrons. The molecule has 3 heterocycles. The van der Waals surface area contributed by atoms with E-state index in [2.05, 4.69) is 39.5 Å². The first-order chi connectivity index (χ1) is 12.3. The topological polar surface area (TPSA) is 45.2 Å². The summed E-state index contributed by atoms with van der Waals surface area (Å²) in [6.07, 6.45) is 3.57. The van der Waals surface area contributed by atoms with E-state index in [9.17, 15) is 4.79 Å². The van der Waals surface area contributed by atoms with E-state index in [1.165, 1.54) is 5.56 Å². The van der Waals surface area contributed by atoms with Gasteiger partial charge in [0.25, 0.3) is 0 Å². The Bertz CT molecular complexity index is 711. The normalized spacial score (nSPS) is 21.6. The van der Waals surface area contributed by atoms with Gasteiger partial charge in [0.1, 0.15) is 0 Å². The number of aromatic nitrogens is 1. The molecular formula is C20H27Cl2N3OS. The largest absolute Gasteiger partial charge is 0.342 e. The number of fused-ring (bicyclic) bond motifs is 1. The maximum Gasteiger partial charge on any atom is 0.228 e. The summed E-state index contributed by atoms with van der Waals surface area (Å²) in [6.45, 7) is 4.06. The van der Waals surface area contributed by atoms with Crippen LogP contribution in [0.3, 0.4) is 0 Å². The van der Waals surface area contributed by atoms with Crippen molar-refractivity contribution in [1.29, 1.82) is 0 Å². The Morgan fingerprint density at radius 1 is 1.11 bits per heavy atom. The molecule has 1 aromatic heterocycles. The van der Waals surface area contributed by atoms with Gasteiger partial charge in [-0.05, 0) is 43.3 Å². The summed E-state index contributed by atoms with van der Waals surface area (Å²) >= 11 is 1.66. The number of halogens is 2. The molecule has 0 unspecified atom stereocenters. The van der Waals surface area contributed by atoms with Gasteiger partial charge in [-0.1, -0.05) is 30.3 Å². The van der Waals surface area contributed by atoms with E-state index in [-0.39, 0.29) is 30.7 Å². The van der Waals surface area contributed by atoms with E-state index < -0.39 is 0 Å². The van der Waals surface area contributed by atoms with Gasteiger partial charge in [-0.25, -0.2) is 4.98 Å². The lowest BCUT2D eigenvalue weighted by Gasteiger charge is -2.20. The van der Waals surface area contributed by atoms with Crippen LogP contribution in [0.2, 0.25) is 0 Å². The van der Waals surface area contributed by atoms with Crippen LogP contribution in [0, 0.1) is 11.8 Å². The molecule has 0 aliphatic carbocycles. The van der Waals surface area contributed by atoms with Crippen molar-refractivity contribution >= 4 is 42.1 Å². The van der Waals surface area contributed by atoms with Crippen LogP contribution in [0.5, 0.6) is 0 Å². The molecule has 0 bridgehead atoms. The first-order valence-electron chi connectivity index (χ1n) is 9.23. The van der Waals surface area contributed by atoms with Crippen molar-refractivity contribution < 1.29 is 4.79 Å². The number of nitrogens with zero attached hydrogens (tertiary/aromatic N) is 2. The van der Waals surface area contributed by atoms with E-state index in [1.807, 2.05) is 11.4 Å². The number of benzene rings is 1. The summed E-state index contributed by atoms with van der Waals surface area (Å²) < 4.78 is 0. The molecule has 4 nitrogen and oxygen atoms in total. The van der Waals surface area contributed by atoms with E-state index in [0.29, 0.717) is 6.42 Å². The van der Waals surface area contributed by atoms with Crippen LogP contribution >= 0.6 is 36.2 Å². The monoisotopic (exact) mass is 427 g/mol. The highest BCUT2D eigenvalue weighted by Crippen LogP contribution is 2.27. The van der Waals surface area contributed by atoms with Gasteiger partial charge >= 0.3 is 0 Å². The molecule has 27 heavy (non-hydrogen) atoms. The van der Waals surface area contributed by atoms with Crippen molar-refractivity contribution in [2.24, 2.45) is 11.8 Å². The fourth-order valence-corrected chi connectivity index (χ4v) is 4.84. The third-order valence-corrected chi connectivity index (χ3v) is 6.40. The van der Waals surface area contributed by atoms with Crippen LogP contribution in [0.4, 0.5) is 0 Å². The zero-order valence-electron chi connectivity index (χ0n) is 15.3. The zero-order valence-corrected chi connectivity index (χ0v) is 17.8. The molecule has 2 atom stereocenters. The molecule has 2 fully saturated rings. The molecule has 1 N–H and O–H groups in total. The number of rotatable bonds is 4. The summed E-state index contributed by atoms with van der Waals surface area (Å²) in [7, 11) is 0. The van der Waals surface area contributed by atoms with Crippen molar-refractivity contribution in [3.63, 3.8) is 0 Å². The van der Waals surface area contributed by atoms with Gasteiger partial charge in [0.05, 0.1) is 17.1 Å². The molecule has 1 aromatic carbocycles. The Labute approximate surface area is 177 Å². The lowest BCUT2D eigenvalue weighted by atomic mass is 9.92. The van der Waals surface area contributed by atoms with E-state index in [0.717, 1.165) is 68.0 Å². The second-order valence-corrected chi connectivity index (χ2v) is 8.15. The second kappa shape index (κ2) is 10.4. The van der Waals surface area contributed by atoms with Crippen molar-refractivity contribution in [3.05, 3.63) is 52.0 Å². The molecule has 2 aromatic rings. The third kappa shape index (κ3) is 5.67. The predicted molar refractivity (Wildman–Crippen MR) is 115 cm³/mol. The van der Waals surface area contributed by atoms with Gasteiger partial charge in [-0.2, -0.15) is 0 Å². The predicted octanol–water partition coefficient (Wildman–Crippen LogP) is 3.58. The fraction of sp³-hybridized carbons (Fsp3) is 0.500. The van der Waals surface area contributed by atoms with Gasteiger partial charge in [0.15, 0.2) is 0 Å². The number of nitrogens with one attached hydrogen (secondary N) is 1. The number of likely N-dealkylation sites (tertiary alicyclic amines) is 1. The molecular weight excluding hydrogens is 401 g/mol. The minimum Gasteiger partial charge on any atom is -0.342 e. The van der Waals surface area contributed by atoms with Gasteiger partial charge in [0, 0.05) is 24.9 Å². The smallest absolute Gasteiger partial charge is 0.228 e. The third-order valence-electron chi connectivity index (χ3n) is 5.50. The molecule has 2 aliphatic rings. The molecule has 0 spiro atoms. The zero-order chi connectivity index (χ0) is 17.1. The minimum absolute atomic E-state index is 0. The lowest BCUT2D eigenvalue weighted by molar-refractivity contribution is -0.130. The molecule has 2 saturated heterocycles. The van der Waals surface area contributed by atoms with Crippen LogP contribution in [0.1, 0.15) is 29.1 Å². The van der Waals surface area contributed by atoms with Gasteiger partial charge in [-0.15, -0.1) is 36.2 Å². The van der Waals surface area contributed by atoms with E-state index >= 15 is 0 Å². The number of thiazole rings is 1. The van der Waals surface area contributed by atoms with Gasteiger partial charge < -0.3 is 10.2 Å². The molecule has 1 amide bonds. The Hall–Kier alpha value is -1.14. The average molecular weight is 428 g/mol. The first kappa shape index (κ1) is 22.2. The molecule has 2 aliphatic heterocycles. The van der Waals surface area contributed by atoms with Crippen LogP contribution in [-0.4, -0.2) is 42.0 Å². The maximum absolute atomic E-state index is 12.7. The standard InChI is InChI=1S/C20H25N3OS.2ClH/c24-20(23-8-6-16-12-21-13-17(16)7-9-23)11-18-14-25-19(22-18)10-15-4-2-1-3-5-15;;/h1-5,14,16-17,21H,6-13H2;2*1H/t16-,17+;;. The highest BCUT2D eigenvalue weighted by molar-refractivity contribution is 7.09. The van der Waals surface area contributed by atoms with Gasteiger partial charge in [-0.3, -0.25) is 4.79 Å². The number of carbonyl (C=O) groups is 1. The Morgan fingerprint density at radius 3 is 2.44 bits per heavy atom. The molecule has 7 heteroatoms. The van der Waals surface area contributed by atoms with Crippen LogP contribution in [-0.2, 0) is 17.6 Å². The van der Waals surface area contributed by atoms with Crippen LogP contribution < -0.4 is 5.32 Å². The number of carbonyl (C=O) groups excluding carboxylic acids is 1. The SMILES string of the molecule is Cl.Cl.O=C(Cc1csc(Cc2ccccc2)n1)N1CC[C@@H]2CNC[C@@H]2CC1. The van der Waals surface area contributed by atoms with Crippen molar-refractivity contribution in [2.45, 2.75) is 25.7 Å². The summed E-state index contributed by atoms with van der Waals surface area (Å²) in [5, 5.41) is 6.62. The van der Waals surface area contributed by atoms with Crippen LogP contribution in [0.25, 0.3) is 0 Å². The summed E-state index contributed by atoms with van der Waals surface area (Å²) in [4.78, 5) is 19.4. The lowest BCUT2D eigenvalue weighted by Crippen LogP contribution is -2.34. The number of hydrogen-bond acceptors (Lipinski definition) is 4. The van der Waals surface area contributed by atoms with Crippen molar-refractivity contribution in [3.8, 4) is 0 Å². The van der Waals surface area contributed by atoms with Crippen molar-refractivity contribution in [2.75, 3.05) is 26.2 Å². The fourth-order valence-electron chi connectivity index (χ4n) is 4.02. The number of amides is 1. The molecule has 4 rings (SSSR count). The Morgan fingerprint density at radius 2 is 1.78 bits per heavy atom. The minimum atomic E-state index is 0. The van der Waals surface area contributed by atoms with Gasteiger partial charge in [0.2, 0.25) is 5.91 Å². The quantitative estimate of drug-likeness (QED) is 0.810. The number of hydrogen-bond donors (Lipinski definition) is 1. The highest BCUT2D eigenvalue weighted by Gasteiger charge is 2.31. The summed E-state index contributed by atoms with van der Waals surface area (Å²) in [5.41, 5.74) is 2.19. The summed E-state index contributed by atoms with van der Waals surface area (Å²) in [6, 6.07) is 10.4. The first-order valence-corrected chi connectivity index (χ1v) is 10.1. The second-order valence-electron chi connectivity index (χ2n) is 7.21. The molecule has 0 saturated carbocycles. The van der Waals surface area contributed by atoms with E-state index in [1.54, 1.807) is 11.3 Å². The summed E-state index contributed by atoms with van der Waals surface area (Å²) in [5.74, 6) is 1.76. The molecule has 148 valence electrons. The Kier molecular flexibility index (Phi) is 8.55. The Balaban J connectivity index is 0.00000131. The van der Waals surface area contributed by atoms with Crippen molar-refractivity contribution in [1.82, 2.24) is 15.2 Å².